The second kappa shape index (κ2) is 6.19. The third-order valence-electron chi connectivity index (χ3n) is 4.04. The molecule has 0 heterocycles. The summed E-state index contributed by atoms with van der Waals surface area (Å²) in [7, 11) is 0. The Morgan fingerprint density at radius 3 is 1.16 bits per heavy atom. The van der Waals surface area contributed by atoms with Crippen LogP contribution >= 0.6 is 0 Å². The second-order valence-electron chi connectivity index (χ2n) is 10.6. The van der Waals surface area contributed by atoms with Gasteiger partial charge in [-0.1, -0.05) is 69.2 Å². The van der Waals surface area contributed by atoms with Gasteiger partial charge in [-0.2, -0.15) is 0 Å². The van der Waals surface area contributed by atoms with Crippen molar-refractivity contribution in [2.45, 2.75) is 101 Å². The molecule has 0 spiro atoms. The van der Waals surface area contributed by atoms with E-state index in [1.54, 1.807) is 0 Å². The first-order valence-electron chi connectivity index (χ1n) is 8.12. The molecule has 0 amide bonds. The van der Waals surface area contributed by atoms with Crippen molar-refractivity contribution in [2.24, 2.45) is 21.7 Å². The SMILES string of the molecule is CC(C)(C)CCC(C)(C)CCC(C)(C)CC(C)(C)C. The summed E-state index contributed by atoms with van der Waals surface area (Å²) in [6.07, 6.45) is 6.70. The van der Waals surface area contributed by atoms with Crippen LogP contribution in [0.2, 0.25) is 0 Å². The van der Waals surface area contributed by atoms with E-state index in [1.165, 1.54) is 32.1 Å². The second-order valence-corrected chi connectivity index (χ2v) is 10.6. The molecular weight excluding hydrogens is 228 g/mol. The largest absolute Gasteiger partial charge is 0.0602 e. The number of rotatable bonds is 6. The van der Waals surface area contributed by atoms with Crippen LogP contribution in [0.15, 0.2) is 0 Å². The molecule has 19 heavy (non-hydrogen) atoms. The molecule has 0 radical (unpaired) electrons. The van der Waals surface area contributed by atoms with Gasteiger partial charge in [-0.05, 0) is 53.8 Å². The van der Waals surface area contributed by atoms with E-state index >= 15 is 0 Å². The van der Waals surface area contributed by atoms with Crippen LogP contribution in [0.1, 0.15) is 101 Å². The highest BCUT2D eigenvalue weighted by atomic mass is 14.3. The highest BCUT2D eigenvalue weighted by molar-refractivity contribution is 4.80. The molecule has 0 aliphatic heterocycles. The average molecular weight is 269 g/mol. The van der Waals surface area contributed by atoms with Crippen LogP contribution in [0.3, 0.4) is 0 Å². The van der Waals surface area contributed by atoms with Gasteiger partial charge in [-0.3, -0.25) is 0 Å². The summed E-state index contributed by atoms with van der Waals surface area (Å²) < 4.78 is 0. The summed E-state index contributed by atoms with van der Waals surface area (Å²) in [5, 5.41) is 0. The molecule has 0 N–H and O–H groups in total. The zero-order valence-corrected chi connectivity index (χ0v) is 15.5. The zero-order valence-electron chi connectivity index (χ0n) is 15.5. The van der Waals surface area contributed by atoms with Gasteiger partial charge in [0.25, 0.3) is 0 Å². The van der Waals surface area contributed by atoms with E-state index < -0.39 is 0 Å². The Labute approximate surface area is 123 Å². The Morgan fingerprint density at radius 1 is 0.421 bits per heavy atom. The topological polar surface area (TPSA) is 0 Å². The molecule has 0 aromatic rings. The van der Waals surface area contributed by atoms with Crippen molar-refractivity contribution in [3.8, 4) is 0 Å². The van der Waals surface area contributed by atoms with E-state index in [0.717, 1.165) is 0 Å². The first-order chi connectivity index (χ1) is 8.12. The van der Waals surface area contributed by atoms with E-state index in [-0.39, 0.29) is 0 Å². The number of hydrogen-bond acceptors (Lipinski definition) is 0. The van der Waals surface area contributed by atoms with E-state index in [0.29, 0.717) is 21.7 Å². The van der Waals surface area contributed by atoms with Crippen molar-refractivity contribution in [2.75, 3.05) is 0 Å². The molecule has 0 unspecified atom stereocenters. The van der Waals surface area contributed by atoms with Gasteiger partial charge in [-0.15, -0.1) is 0 Å². The minimum Gasteiger partial charge on any atom is -0.0602 e. The summed E-state index contributed by atoms with van der Waals surface area (Å²) in [6, 6.07) is 0. The lowest BCUT2D eigenvalue weighted by Crippen LogP contribution is -2.24. The first kappa shape index (κ1) is 19.0. The molecule has 0 rings (SSSR count). The van der Waals surface area contributed by atoms with Crippen LogP contribution in [0.5, 0.6) is 0 Å². The fraction of sp³-hybridized carbons (Fsp3) is 1.00. The average Bonchev–Trinajstić information content (AvgIpc) is 2.08. The normalized spacial score (nSPS) is 14.8. The highest BCUT2D eigenvalue weighted by Crippen LogP contribution is 2.41. The molecule has 0 aliphatic carbocycles. The van der Waals surface area contributed by atoms with Crippen molar-refractivity contribution in [3.05, 3.63) is 0 Å². The van der Waals surface area contributed by atoms with Crippen LogP contribution in [0.4, 0.5) is 0 Å². The molecule has 0 saturated carbocycles. The van der Waals surface area contributed by atoms with Crippen LogP contribution in [0, 0.1) is 21.7 Å². The molecule has 0 atom stereocenters. The predicted molar refractivity (Wildman–Crippen MR) is 89.6 cm³/mol. The van der Waals surface area contributed by atoms with Crippen LogP contribution in [-0.4, -0.2) is 0 Å². The van der Waals surface area contributed by atoms with Crippen LogP contribution in [0.25, 0.3) is 0 Å². The minimum atomic E-state index is 0.444. The molecule has 0 aliphatic rings. The van der Waals surface area contributed by atoms with Crippen molar-refractivity contribution >= 4 is 0 Å². The lowest BCUT2D eigenvalue weighted by Gasteiger charge is -2.36. The summed E-state index contributed by atoms with van der Waals surface area (Å²) >= 11 is 0. The molecule has 0 aromatic heterocycles. The highest BCUT2D eigenvalue weighted by Gasteiger charge is 2.29. The van der Waals surface area contributed by atoms with Gasteiger partial charge in [0.2, 0.25) is 0 Å². The van der Waals surface area contributed by atoms with Crippen molar-refractivity contribution in [1.82, 2.24) is 0 Å². The summed E-state index contributed by atoms with van der Waals surface area (Å²) in [5.74, 6) is 0. The fourth-order valence-corrected chi connectivity index (χ4v) is 3.04. The van der Waals surface area contributed by atoms with Gasteiger partial charge >= 0.3 is 0 Å². The Bertz CT molecular complexity index is 255. The lowest BCUT2D eigenvalue weighted by atomic mass is 9.69. The predicted octanol–water partition coefficient (Wildman–Crippen LogP) is 7.08. The summed E-state index contributed by atoms with van der Waals surface area (Å²) in [6.45, 7) is 23.9. The summed E-state index contributed by atoms with van der Waals surface area (Å²) in [5.41, 5.74) is 1.87. The Morgan fingerprint density at radius 2 is 0.789 bits per heavy atom. The molecule has 0 nitrogen and oxygen atoms in total. The smallest absolute Gasteiger partial charge is 0.0349 e. The van der Waals surface area contributed by atoms with E-state index in [9.17, 15) is 0 Å². The van der Waals surface area contributed by atoms with Gasteiger partial charge in [0.15, 0.2) is 0 Å². The molecule has 0 fully saturated rings. The maximum atomic E-state index is 2.45. The maximum absolute atomic E-state index is 2.45. The Balaban J connectivity index is 4.29. The third kappa shape index (κ3) is 11.5. The Kier molecular flexibility index (Phi) is 6.19. The Hall–Kier alpha value is 0. The molecule has 116 valence electrons. The fourth-order valence-electron chi connectivity index (χ4n) is 3.04. The van der Waals surface area contributed by atoms with E-state index in [1.807, 2.05) is 0 Å². The zero-order chi connectivity index (χ0) is 15.5. The van der Waals surface area contributed by atoms with Gasteiger partial charge in [-0.25, -0.2) is 0 Å². The lowest BCUT2D eigenvalue weighted by molar-refractivity contribution is 0.155. The van der Waals surface area contributed by atoms with Gasteiger partial charge in [0, 0.05) is 0 Å². The standard InChI is InChI=1S/C19H40/c1-16(2,3)11-12-18(7,8)13-14-19(9,10)15-17(4,5)6/h11-15H2,1-10H3. The molecule has 0 bridgehead atoms. The molecular formula is C19H40. The minimum absolute atomic E-state index is 0.444. The molecule has 0 heteroatoms. The van der Waals surface area contributed by atoms with Crippen LogP contribution < -0.4 is 0 Å². The quantitative estimate of drug-likeness (QED) is 0.482. The third-order valence-corrected chi connectivity index (χ3v) is 4.04. The summed E-state index contributed by atoms with van der Waals surface area (Å²) in [4.78, 5) is 0. The first-order valence-corrected chi connectivity index (χ1v) is 8.12. The van der Waals surface area contributed by atoms with Crippen molar-refractivity contribution < 1.29 is 0 Å². The van der Waals surface area contributed by atoms with Crippen LogP contribution in [-0.2, 0) is 0 Å². The number of hydrogen-bond donors (Lipinski definition) is 0. The van der Waals surface area contributed by atoms with Crippen molar-refractivity contribution in [1.29, 1.82) is 0 Å². The monoisotopic (exact) mass is 268 g/mol. The van der Waals surface area contributed by atoms with E-state index in [4.69, 9.17) is 0 Å². The van der Waals surface area contributed by atoms with Gasteiger partial charge in [0.1, 0.15) is 0 Å². The van der Waals surface area contributed by atoms with Gasteiger partial charge < -0.3 is 0 Å². The van der Waals surface area contributed by atoms with Gasteiger partial charge in [0.05, 0.1) is 0 Å². The van der Waals surface area contributed by atoms with Crippen molar-refractivity contribution in [3.63, 3.8) is 0 Å². The van der Waals surface area contributed by atoms with E-state index in [2.05, 4.69) is 69.2 Å². The maximum Gasteiger partial charge on any atom is -0.0349 e. The molecule has 0 aromatic carbocycles. The molecule has 0 saturated heterocycles.